The van der Waals surface area contributed by atoms with Crippen molar-refractivity contribution < 1.29 is 0 Å². The second-order valence-corrected chi connectivity index (χ2v) is 8.75. The lowest BCUT2D eigenvalue weighted by molar-refractivity contribution is 0.468. The van der Waals surface area contributed by atoms with Crippen LogP contribution in [0.3, 0.4) is 0 Å². The van der Waals surface area contributed by atoms with Gasteiger partial charge in [-0.05, 0) is 26.2 Å². The molecule has 1 aromatic carbocycles. The third-order valence-electron chi connectivity index (χ3n) is 6.80. The van der Waals surface area contributed by atoms with Crippen molar-refractivity contribution in [2.75, 3.05) is 4.90 Å². The standard InChI is InChI=1S/C25H26N8/c1-3-19-24-31-28-15-32(24)22-16(2)29-23(30-25(22)33(19)18-11-7-8-12-18)21-20(26-13-14-27-21)17-9-5-4-6-10-17/h4-6,9-10,13-15,18-19H,3,7-8,11-12H2,1-2H3/t19-/m1/s1. The van der Waals surface area contributed by atoms with E-state index in [2.05, 4.69) is 36.6 Å². The normalized spacial score (nSPS) is 17.8. The summed E-state index contributed by atoms with van der Waals surface area (Å²) in [5, 5.41) is 8.74. The first-order chi connectivity index (χ1) is 16.3. The predicted molar refractivity (Wildman–Crippen MR) is 126 cm³/mol. The number of hydrogen-bond donors (Lipinski definition) is 0. The minimum absolute atomic E-state index is 0.140. The van der Waals surface area contributed by atoms with Gasteiger partial charge in [-0.2, -0.15) is 0 Å². The highest BCUT2D eigenvalue weighted by Gasteiger charge is 2.39. The van der Waals surface area contributed by atoms with Gasteiger partial charge in [-0.15, -0.1) is 10.2 Å². The number of nitrogens with zero attached hydrogens (tertiary/aromatic N) is 8. The van der Waals surface area contributed by atoms with Crippen molar-refractivity contribution in [2.24, 2.45) is 0 Å². The summed E-state index contributed by atoms with van der Waals surface area (Å²) in [6, 6.07) is 10.7. The largest absolute Gasteiger partial charge is 0.341 e. The van der Waals surface area contributed by atoms with Crippen molar-refractivity contribution in [2.45, 2.75) is 58.0 Å². The number of hydrogen-bond acceptors (Lipinski definition) is 7. The fourth-order valence-electron chi connectivity index (χ4n) is 5.33. The van der Waals surface area contributed by atoms with Crippen LogP contribution in [0.25, 0.3) is 28.5 Å². The highest BCUT2D eigenvalue weighted by Crippen LogP contribution is 2.44. The van der Waals surface area contributed by atoms with Crippen molar-refractivity contribution in [3.8, 4) is 28.5 Å². The van der Waals surface area contributed by atoms with Crippen LogP contribution in [0.2, 0.25) is 0 Å². The Morgan fingerprint density at radius 3 is 2.48 bits per heavy atom. The molecule has 0 N–H and O–H groups in total. The van der Waals surface area contributed by atoms with E-state index >= 15 is 0 Å². The molecule has 2 aliphatic rings. The molecule has 0 saturated heterocycles. The van der Waals surface area contributed by atoms with Crippen LogP contribution in [-0.4, -0.2) is 40.7 Å². The molecular formula is C25H26N8. The summed E-state index contributed by atoms with van der Waals surface area (Å²) >= 11 is 0. The van der Waals surface area contributed by atoms with Gasteiger partial charge in [0.1, 0.15) is 17.7 Å². The molecule has 1 atom stereocenters. The van der Waals surface area contributed by atoms with Gasteiger partial charge in [-0.3, -0.25) is 9.55 Å². The third-order valence-corrected chi connectivity index (χ3v) is 6.80. The Bertz CT molecular complexity index is 1290. The van der Waals surface area contributed by atoms with Crippen LogP contribution in [0, 0.1) is 6.92 Å². The number of aromatic nitrogens is 7. The molecule has 1 aliphatic heterocycles. The monoisotopic (exact) mass is 438 g/mol. The van der Waals surface area contributed by atoms with Gasteiger partial charge in [0, 0.05) is 24.0 Å². The molecule has 166 valence electrons. The van der Waals surface area contributed by atoms with Gasteiger partial charge in [0.15, 0.2) is 17.5 Å². The topological polar surface area (TPSA) is 85.5 Å². The van der Waals surface area contributed by atoms with E-state index < -0.39 is 0 Å². The van der Waals surface area contributed by atoms with E-state index in [-0.39, 0.29) is 6.04 Å². The average molecular weight is 439 g/mol. The predicted octanol–water partition coefficient (Wildman–Crippen LogP) is 4.70. The molecule has 0 spiro atoms. The van der Waals surface area contributed by atoms with Crippen molar-refractivity contribution in [1.29, 1.82) is 0 Å². The van der Waals surface area contributed by atoms with Gasteiger partial charge in [0.05, 0.1) is 17.4 Å². The first-order valence-electron chi connectivity index (χ1n) is 11.7. The SMILES string of the molecule is CC[C@@H]1c2nncn2-c2c(C)nc(-c3nccnc3-c3ccccc3)nc2N1C1CCCC1. The molecule has 0 amide bonds. The molecule has 3 aromatic heterocycles. The van der Waals surface area contributed by atoms with Crippen molar-refractivity contribution in [1.82, 2.24) is 34.7 Å². The number of fused-ring (bicyclic) bond motifs is 3. The van der Waals surface area contributed by atoms with Gasteiger partial charge in [0.2, 0.25) is 0 Å². The van der Waals surface area contributed by atoms with Crippen LogP contribution in [-0.2, 0) is 0 Å². The number of anilines is 1. The molecule has 4 aromatic rings. The minimum Gasteiger partial charge on any atom is -0.341 e. The first kappa shape index (κ1) is 20.0. The molecular weight excluding hydrogens is 412 g/mol. The first-order valence-corrected chi connectivity index (χ1v) is 11.7. The maximum atomic E-state index is 5.17. The van der Waals surface area contributed by atoms with E-state index in [0.29, 0.717) is 17.6 Å². The minimum atomic E-state index is 0.140. The lowest BCUT2D eigenvalue weighted by Gasteiger charge is -2.41. The third kappa shape index (κ3) is 3.20. The van der Waals surface area contributed by atoms with Crippen molar-refractivity contribution in [3.05, 3.63) is 60.6 Å². The molecule has 4 heterocycles. The smallest absolute Gasteiger partial charge is 0.182 e. The van der Waals surface area contributed by atoms with Crippen molar-refractivity contribution >= 4 is 5.82 Å². The van der Waals surface area contributed by atoms with Gasteiger partial charge in [0.25, 0.3) is 0 Å². The van der Waals surface area contributed by atoms with E-state index in [9.17, 15) is 0 Å². The molecule has 6 rings (SSSR count). The summed E-state index contributed by atoms with van der Waals surface area (Å²) in [5.74, 6) is 2.53. The Morgan fingerprint density at radius 1 is 0.970 bits per heavy atom. The van der Waals surface area contributed by atoms with Crippen LogP contribution < -0.4 is 4.90 Å². The summed E-state index contributed by atoms with van der Waals surface area (Å²) < 4.78 is 2.07. The summed E-state index contributed by atoms with van der Waals surface area (Å²) in [7, 11) is 0. The molecule has 1 aliphatic carbocycles. The lowest BCUT2D eigenvalue weighted by Crippen LogP contribution is -2.42. The lowest BCUT2D eigenvalue weighted by atomic mass is 10.0. The molecule has 1 saturated carbocycles. The Labute approximate surface area is 192 Å². The van der Waals surface area contributed by atoms with Crippen LogP contribution in [0.1, 0.15) is 56.6 Å². The van der Waals surface area contributed by atoms with E-state index in [1.165, 1.54) is 25.7 Å². The second-order valence-electron chi connectivity index (χ2n) is 8.75. The highest BCUT2D eigenvalue weighted by molar-refractivity contribution is 5.76. The molecule has 1 fully saturated rings. The second kappa shape index (κ2) is 8.03. The molecule has 33 heavy (non-hydrogen) atoms. The Hall–Kier alpha value is -3.68. The van der Waals surface area contributed by atoms with Crippen LogP contribution in [0.15, 0.2) is 49.1 Å². The highest BCUT2D eigenvalue weighted by atomic mass is 15.4. The summed E-state index contributed by atoms with van der Waals surface area (Å²) in [6.45, 7) is 4.24. The van der Waals surface area contributed by atoms with E-state index in [1.54, 1.807) is 18.7 Å². The van der Waals surface area contributed by atoms with Gasteiger partial charge < -0.3 is 4.90 Å². The number of benzene rings is 1. The van der Waals surface area contributed by atoms with Gasteiger partial charge in [-0.25, -0.2) is 15.0 Å². The zero-order valence-corrected chi connectivity index (χ0v) is 18.9. The molecule has 0 unspecified atom stereocenters. The molecule has 0 bridgehead atoms. The van der Waals surface area contributed by atoms with Gasteiger partial charge >= 0.3 is 0 Å². The number of rotatable bonds is 4. The summed E-state index contributed by atoms with van der Waals surface area (Å²) in [5.41, 5.74) is 4.35. The fourth-order valence-corrected chi connectivity index (χ4v) is 5.33. The van der Waals surface area contributed by atoms with Crippen LogP contribution in [0.5, 0.6) is 0 Å². The van der Waals surface area contributed by atoms with E-state index in [1.807, 2.05) is 37.3 Å². The Balaban J connectivity index is 1.57. The Morgan fingerprint density at radius 2 is 1.73 bits per heavy atom. The summed E-state index contributed by atoms with van der Waals surface area (Å²) in [6.07, 6.45) is 11.0. The van der Waals surface area contributed by atoms with Crippen LogP contribution in [0.4, 0.5) is 5.82 Å². The molecule has 8 nitrogen and oxygen atoms in total. The molecule has 8 heteroatoms. The van der Waals surface area contributed by atoms with E-state index in [4.69, 9.17) is 9.97 Å². The van der Waals surface area contributed by atoms with Gasteiger partial charge in [-0.1, -0.05) is 50.1 Å². The Kier molecular flexibility index (Phi) is 4.86. The number of aryl methyl sites for hydroxylation is 1. The zero-order valence-electron chi connectivity index (χ0n) is 18.9. The van der Waals surface area contributed by atoms with Crippen molar-refractivity contribution in [3.63, 3.8) is 0 Å². The van der Waals surface area contributed by atoms with E-state index in [0.717, 1.165) is 40.7 Å². The maximum Gasteiger partial charge on any atom is 0.182 e. The average Bonchev–Trinajstić information content (AvgIpc) is 3.56. The zero-order chi connectivity index (χ0) is 22.4. The van der Waals surface area contributed by atoms with Crippen LogP contribution >= 0.6 is 0 Å². The fraction of sp³-hybridized carbons (Fsp3) is 0.360. The molecule has 0 radical (unpaired) electrons. The summed E-state index contributed by atoms with van der Waals surface area (Å²) in [4.78, 5) is 21.9. The quantitative estimate of drug-likeness (QED) is 0.456. The maximum absolute atomic E-state index is 5.17.